The summed E-state index contributed by atoms with van der Waals surface area (Å²) < 4.78 is 23.2. The highest BCUT2D eigenvalue weighted by Crippen LogP contribution is 2.46. The molecule has 0 unspecified atom stereocenters. The molecule has 0 amide bonds. The second-order valence-corrected chi connectivity index (χ2v) is 5.83. The molecule has 0 bridgehead atoms. The fourth-order valence-corrected chi connectivity index (χ4v) is 2.74. The molecule has 1 saturated heterocycles. The molecule has 0 aromatic rings. The largest absolute Gasteiger partial charge is 0.316 e. The van der Waals surface area contributed by atoms with E-state index in [2.05, 4.69) is 5.32 Å². The minimum Gasteiger partial charge on any atom is -0.316 e. The normalized spacial score (nSPS) is 24.1. The highest BCUT2D eigenvalue weighted by atomic mass is 32.2. The summed E-state index contributed by atoms with van der Waals surface area (Å²) in [5, 5.41) is 8.22. The molecule has 5 nitrogen and oxygen atoms in total. The molecule has 0 radical (unpaired) electrons. The maximum atomic E-state index is 11.0. The van der Waals surface area contributed by atoms with Gasteiger partial charge < -0.3 is 5.32 Å². The molecule has 6 heteroatoms. The summed E-state index contributed by atoms with van der Waals surface area (Å²) in [5.41, 5.74) is 0.392. The van der Waals surface area contributed by atoms with Crippen LogP contribution in [0, 0.1) is 5.41 Å². The Balaban J connectivity index is 0.000000531. The van der Waals surface area contributed by atoms with Crippen LogP contribution < -0.4 is 10.5 Å². The van der Waals surface area contributed by atoms with Crippen molar-refractivity contribution in [1.29, 1.82) is 0 Å². The lowest BCUT2D eigenvalue weighted by Gasteiger charge is -2.55. The Hall–Kier alpha value is -0.170. The van der Waals surface area contributed by atoms with E-state index < -0.39 is 10.2 Å². The van der Waals surface area contributed by atoms with Gasteiger partial charge in [0.05, 0.1) is 0 Å². The lowest BCUT2D eigenvalue weighted by atomic mass is 9.62. The van der Waals surface area contributed by atoms with Gasteiger partial charge in [-0.1, -0.05) is 13.8 Å². The average molecular weight is 235 g/mol. The highest BCUT2D eigenvalue weighted by Gasteiger charge is 2.51. The van der Waals surface area contributed by atoms with Crippen molar-refractivity contribution >= 4 is 10.2 Å². The Labute approximate surface area is 92.2 Å². The van der Waals surface area contributed by atoms with Crippen molar-refractivity contribution in [2.75, 3.05) is 20.1 Å². The van der Waals surface area contributed by atoms with Crippen LogP contribution >= 0.6 is 0 Å². The van der Waals surface area contributed by atoms with Gasteiger partial charge in [0.25, 0.3) is 10.2 Å². The lowest BCUT2D eigenvalue weighted by molar-refractivity contribution is -0.000320. The van der Waals surface area contributed by atoms with E-state index in [-0.39, 0.29) is 6.04 Å². The summed E-state index contributed by atoms with van der Waals surface area (Å²) >= 11 is 0. The predicted octanol–water partition coefficient (Wildman–Crippen LogP) is -0.100. The van der Waals surface area contributed by atoms with Gasteiger partial charge in [0.2, 0.25) is 0 Å². The van der Waals surface area contributed by atoms with Crippen molar-refractivity contribution < 1.29 is 8.42 Å². The van der Waals surface area contributed by atoms with Gasteiger partial charge in [-0.2, -0.15) is 12.7 Å². The lowest BCUT2D eigenvalue weighted by Crippen LogP contribution is -2.65. The molecule has 90 valence electrons. The molecule has 1 saturated carbocycles. The zero-order chi connectivity index (χ0) is 11.7. The van der Waals surface area contributed by atoms with Crippen LogP contribution in [0.1, 0.15) is 26.7 Å². The topological polar surface area (TPSA) is 75.4 Å². The van der Waals surface area contributed by atoms with Crippen LogP contribution in [0.3, 0.4) is 0 Å². The van der Waals surface area contributed by atoms with Crippen molar-refractivity contribution in [1.82, 2.24) is 9.62 Å². The molecule has 1 aliphatic heterocycles. The first-order chi connectivity index (χ1) is 6.93. The maximum Gasteiger partial charge on any atom is 0.276 e. The predicted molar refractivity (Wildman–Crippen MR) is 60.5 cm³/mol. The van der Waals surface area contributed by atoms with Crippen molar-refractivity contribution in [3.63, 3.8) is 0 Å². The molecule has 0 aromatic heterocycles. The molecule has 1 spiro atoms. The number of hydrogen-bond acceptors (Lipinski definition) is 3. The zero-order valence-corrected chi connectivity index (χ0v) is 10.5. The number of nitrogens with zero attached hydrogens (tertiary/aromatic N) is 1. The molecular formula is C9H21N3O2S. The Bertz CT molecular complexity index is 303. The molecule has 3 N–H and O–H groups in total. The van der Waals surface area contributed by atoms with E-state index in [1.165, 1.54) is 4.31 Å². The third kappa shape index (κ3) is 2.50. The van der Waals surface area contributed by atoms with Crippen LogP contribution in [0.2, 0.25) is 0 Å². The van der Waals surface area contributed by atoms with E-state index >= 15 is 0 Å². The maximum absolute atomic E-state index is 11.0. The van der Waals surface area contributed by atoms with Gasteiger partial charge in [-0.3, -0.25) is 0 Å². The van der Waals surface area contributed by atoms with Crippen molar-refractivity contribution in [3.05, 3.63) is 0 Å². The third-order valence-corrected chi connectivity index (χ3v) is 4.35. The molecular weight excluding hydrogens is 214 g/mol. The molecule has 2 aliphatic rings. The molecule has 0 atom stereocenters. The summed E-state index contributed by atoms with van der Waals surface area (Å²) in [4.78, 5) is 0. The molecule has 2 rings (SSSR count). The Kier molecular flexibility index (Phi) is 3.76. The van der Waals surface area contributed by atoms with Crippen LogP contribution in [0.15, 0.2) is 0 Å². The van der Waals surface area contributed by atoms with E-state index in [0.717, 1.165) is 25.9 Å². The van der Waals surface area contributed by atoms with Gasteiger partial charge in [0.15, 0.2) is 0 Å². The molecule has 0 aromatic carbocycles. The van der Waals surface area contributed by atoms with Gasteiger partial charge in [-0.15, -0.1) is 0 Å². The van der Waals surface area contributed by atoms with Crippen LogP contribution in [-0.4, -0.2) is 38.9 Å². The number of nitrogens with two attached hydrogens (primary N) is 1. The summed E-state index contributed by atoms with van der Waals surface area (Å²) in [7, 11) is -1.93. The summed E-state index contributed by atoms with van der Waals surface area (Å²) in [6.45, 7) is 6.06. The zero-order valence-electron chi connectivity index (χ0n) is 9.66. The fraction of sp³-hybridized carbons (Fsp3) is 1.00. The third-order valence-electron chi connectivity index (χ3n) is 3.25. The van der Waals surface area contributed by atoms with Crippen LogP contribution in [-0.2, 0) is 10.2 Å². The number of hydrogen-bond donors (Lipinski definition) is 2. The van der Waals surface area contributed by atoms with Gasteiger partial charge in [0.1, 0.15) is 0 Å². The molecule has 2 fully saturated rings. The first-order valence-electron chi connectivity index (χ1n) is 5.39. The summed E-state index contributed by atoms with van der Waals surface area (Å²) in [5.74, 6) is 0. The molecule has 1 aliphatic carbocycles. The summed E-state index contributed by atoms with van der Waals surface area (Å²) in [6, 6.07) is 0.122. The molecule has 1 heterocycles. The monoisotopic (exact) mass is 235 g/mol. The summed E-state index contributed by atoms with van der Waals surface area (Å²) in [6.07, 6.45) is 1.90. The van der Waals surface area contributed by atoms with E-state index in [4.69, 9.17) is 5.14 Å². The first-order valence-corrected chi connectivity index (χ1v) is 6.90. The molecule has 15 heavy (non-hydrogen) atoms. The number of nitrogens with one attached hydrogen (secondary N) is 1. The van der Waals surface area contributed by atoms with E-state index in [1.54, 1.807) is 7.05 Å². The van der Waals surface area contributed by atoms with E-state index in [9.17, 15) is 8.42 Å². The average Bonchev–Trinajstić information content (AvgIpc) is 2.01. The van der Waals surface area contributed by atoms with Crippen LogP contribution in [0.25, 0.3) is 0 Å². The number of rotatable bonds is 2. The Morgan fingerprint density at radius 2 is 1.80 bits per heavy atom. The van der Waals surface area contributed by atoms with Crippen LogP contribution in [0.4, 0.5) is 0 Å². The second-order valence-electron chi connectivity index (χ2n) is 4.23. The van der Waals surface area contributed by atoms with Gasteiger partial charge in [-0.25, -0.2) is 5.14 Å². The van der Waals surface area contributed by atoms with Crippen molar-refractivity contribution in [2.45, 2.75) is 32.7 Å². The van der Waals surface area contributed by atoms with Gasteiger partial charge in [-0.05, 0) is 18.3 Å². The smallest absolute Gasteiger partial charge is 0.276 e. The van der Waals surface area contributed by atoms with Crippen molar-refractivity contribution in [2.24, 2.45) is 10.6 Å². The van der Waals surface area contributed by atoms with Crippen molar-refractivity contribution in [3.8, 4) is 0 Å². The highest BCUT2D eigenvalue weighted by molar-refractivity contribution is 7.86. The van der Waals surface area contributed by atoms with E-state index in [1.807, 2.05) is 13.8 Å². The SMILES string of the molecule is CC.CN(C1CC2(CNC2)C1)S(N)(=O)=O. The van der Waals surface area contributed by atoms with Gasteiger partial charge >= 0.3 is 0 Å². The fourth-order valence-electron chi connectivity index (χ4n) is 2.17. The van der Waals surface area contributed by atoms with Gasteiger partial charge in [0, 0.05) is 26.2 Å². The minimum atomic E-state index is -3.48. The first kappa shape index (κ1) is 12.9. The van der Waals surface area contributed by atoms with Crippen LogP contribution in [0.5, 0.6) is 0 Å². The second kappa shape index (κ2) is 4.37. The minimum absolute atomic E-state index is 0.122. The quantitative estimate of drug-likeness (QED) is 0.702. The van der Waals surface area contributed by atoms with E-state index in [0.29, 0.717) is 5.41 Å². The standard InChI is InChI=1S/C7H15N3O2S.C2H6/c1-10(13(8,11)12)6-2-7(3-6)4-9-5-7;1-2/h6,9H,2-5H2,1H3,(H2,8,11,12);1-2H3. The Morgan fingerprint density at radius 1 is 1.33 bits per heavy atom. The Morgan fingerprint density at radius 3 is 2.07 bits per heavy atom.